The Labute approximate surface area is 99.8 Å². The van der Waals surface area contributed by atoms with Crippen LogP contribution in [-0.4, -0.2) is 24.5 Å². The fourth-order valence-corrected chi connectivity index (χ4v) is 3.19. The van der Waals surface area contributed by atoms with Crippen LogP contribution in [0.5, 0.6) is 0 Å². The van der Waals surface area contributed by atoms with Gasteiger partial charge in [0, 0.05) is 19.2 Å². The normalized spacial score (nSPS) is 29.8. The van der Waals surface area contributed by atoms with Crippen LogP contribution < -0.4 is 4.65 Å². The third-order valence-corrected chi connectivity index (χ3v) is 4.38. The van der Waals surface area contributed by atoms with Crippen molar-refractivity contribution in [2.24, 2.45) is 0 Å². The molecule has 1 saturated heterocycles. The molecule has 0 spiro atoms. The Hall–Kier alpha value is -0.840. The summed E-state index contributed by atoms with van der Waals surface area (Å²) in [6.45, 7) is 2.90. The van der Waals surface area contributed by atoms with Gasteiger partial charge in [0.25, 0.3) is 0 Å². The number of piperidine rings is 1. The van der Waals surface area contributed by atoms with E-state index in [1.54, 1.807) is 11.3 Å². The molecule has 4 heteroatoms. The predicted molar refractivity (Wildman–Crippen MR) is 67.9 cm³/mol. The summed E-state index contributed by atoms with van der Waals surface area (Å²) in [4.78, 5) is 2.38. The van der Waals surface area contributed by atoms with Crippen LogP contribution in [0, 0.1) is 5.21 Å². The van der Waals surface area contributed by atoms with Gasteiger partial charge in [-0.1, -0.05) is 11.3 Å². The van der Waals surface area contributed by atoms with E-state index in [9.17, 15) is 5.21 Å². The van der Waals surface area contributed by atoms with Crippen molar-refractivity contribution in [1.82, 2.24) is 9.55 Å². The van der Waals surface area contributed by atoms with Crippen molar-refractivity contribution in [3.63, 3.8) is 0 Å². The second-order valence-electron chi connectivity index (χ2n) is 4.57. The second kappa shape index (κ2) is 3.87. The highest BCUT2D eigenvalue weighted by Gasteiger charge is 2.34. The average Bonchev–Trinajstić information content (AvgIpc) is 2.80. The van der Waals surface area contributed by atoms with Crippen LogP contribution in [0.3, 0.4) is 0 Å². The topological polar surface area (TPSA) is 26.3 Å². The molecule has 0 aliphatic carbocycles. The second-order valence-corrected chi connectivity index (χ2v) is 5.50. The number of hydrogen-bond donors (Lipinski definition) is 0. The number of thiophene rings is 1. The van der Waals surface area contributed by atoms with Gasteiger partial charge in [-0.25, -0.2) is 0 Å². The fraction of sp³-hybridized carbons (Fsp3) is 0.500. The van der Waals surface area contributed by atoms with E-state index in [1.807, 2.05) is 23.7 Å². The number of nitrogens with zero attached hydrogens (tertiary/aromatic N) is 2. The van der Waals surface area contributed by atoms with Gasteiger partial charge in [-0.05, 0) is 30.7 Å². The van der Waals surface area contributed by atoms with E-state index in [1.165, 1.54) is 25.0 Å². The summed E-state index contributed by atoms with van der Waals surface area (Å²) in [5.41, 5.74) is 1.25. The van der Waals surface area contributed by atoms with E-state index in [2.05, 4.69) is 4.90 Å². The number of rotatable bonds is 2. The summed E-state index contributed by atoms with van der Waals surface area (Å²) < 4.78 is -0.247. The quantitative estimate of drug-likeness (QED) is 0.583. The molecule has 2 aliphatic heterocycles. The summed E-state index contributed by atoms with van der Waals surface area (Å²) in [5.74, 6) is 0. The van der Waals surface area contributed by atoms with Crippen LogP contribution >= 0.6 is 11.3 Å². The third kappa shape index (κ3) is 1.67. The maximum atomic E-state index is 12.3. The Morgan fingerprint density at radius 2 is 2.00 bits per heavy atom. The molecule has 0 saturated carbocycles. The van der Waals surface area contributed by atoms with E-state index < -0.39 is 0 Å². The van der Waals surface area contributed by atoms with Gasteiger partial charge in [0.15, 0.2) is 5.00 Å². The van der Waals surface area contributed by atoms with Crippen molar-refractivity contribution in [3.05, 3.63) is 34.6 Å². The van der Waals surface area contributed by atoms with E-state index in [-0.39, 0.29) is 4.65 Å². The summed E-state index contributed by atoms with van der Waals surface area (Å²) in [6, 6.07) is 3.88. The first-order chi connectivity index (χ1) is 7.78. The van der Waals surface area contributed by atoms with Gasteiger partial charge in [-0.2, -0.15) is 0 Å². The van der Waals surface area contributed by atoms with Crippen molar-refractivity contribution >= 4 is 16.3 Å². The van der Waals surface area contributed by atoms with Gasteiger partial charge in [0.05, 0.1) is 0 Å². The summed E-state index contributed by atoms with van der Waals surface area (Å²) in [7, 11) is 0. The Morgan fingerprint density at radius 1 is 1.25 bits per heavy atom. The minimum Gasteiger partial charge on any atom is -0.621 e. The monoisotopic (exact) mass is 236 g/mol. The van der Waals surface area contributed by atoms with Crippen LogP contribution in [0.2, 0.25) is 0 Å². The maximum absolute atomic E-state index is 12.3. The maximum Gasteiger partial charge on any atom is 0.193 e. The highest BCUT2D eigenvalue weighted by molar-refractivity contribution is 7.14. The molecule has 0 bridgehead atoms. The molecule has 0 radical (unpaired) electrons. The lowest BCUT2D eigenvalue weighted by atomic mass is 10.1. The minimum atomic E-state index is -0.247. The molecule has 0 amide bonds. The number of hydrogen-bond acceptors (Lipinski definition) is 3. The SMILES string of the molecule is [O-][N+]1(c2cccs2)C=C(N2CCCCC2)C1. The predicted octanol–water partition coefficient (Wildman–Crippen LogP) is 2.89. The number of hydroxylamine groups is 2. The van der Waals surface area contributed by atoms with Crippen LogP contribution in [0.4, 0.5) is 5.00 Å². The molecule has 1 aromatic rings. The summed E-state index contributed by atoms with van der Waals surface area (Å²) in [6.07, 6.45) is 5.76. The molecule has 1 unspecified atom stereocenters. The van der Waals surface area contributed by atoms with Crippen LogP contribution in [0.15, 0.2) is 29.4 Å². The van der Waals surface area contributed by atoms with Gasteiger partial charge < -0.3 is 10.1 Å². The molecule has 3 rings (SSSR count). The van der Waals surface area contributed by atoms with Crippen molar-refractivity contribution in [2.45, 2.75) is 19.3 Å². The smallest absolute Gasteiger partial charge is 0.193 e. The van der Waals surface area contributed by atoms with Crippen LogP contribution in [0.25, 0.3) is 0 Å². The lowest BCUT2D eigenvalue weighted by Crippen LogP contribution is -2.51. The summed E-state index contributed by atoms with van der Waals surface area (Å²) in [5, 5.41) is 15.2. The van der Waals surface area contributed by atoms with Crippen LogP contribution in [-0.2, 0) is 0 Å². The lowest BCUT2D eigenvalue weighted by Gasteiger charge is -2.47. The van der Waals surface area contributed by atoms with E-state index in [4.69, 9.17) is 0 Å². The van der Waals surface area contributed by atoms with E-state index in [0.29, 0.717) is 6.54 Å². The first kappa shape index (κ1) is 10.3. The molecule has 2 aliphatic rings. The summed E-state index contributed by atoms with van der Waals surface area (Å²) >= 11 is 1.55. The zero-order chi connectivity index (χ0) is 11.0. The van der Waals surface area contributed by atoms with Gasteiger partial charge >= 0.3 is 0 Å². The molecule has 0 aromatic carbocycles. The largest absolute Gasteiger partial charge is 0.621 e. The zero-order valence-corrected chi connectivity index (χ0v) is 10.1. The molecule has 16 heavy (non-hydrogen) atoms. The number of likely N-dealkylation sites (tertiary alicyclic amines) is 1. The number of quaternary nitrogens is 1. The Bertz CT molecular complexity index is 395. The first-order valence-electron chi connectivity index (χ1n) is 5.87. The Balaban J connectivity index is 1.73. The molecule has 0 N–H and O–H groups in total. The molecule has 86 valence electrons. The highest BCUT2D eigenvalue weighted by Crippen LogP contribution is 2.37. The molecular formula is C12H16N2OS. The first-order valence-corrected chi connectivity index (χ1v) is 6.75. The van der Waals surface area contributed by atoms with Crippen molar-refractivity contribution in [3.8, 4) is 0 Å². The highest BCUT2D eigenvalue weighted by atomic mass is 32.1. The van der Waals surface area contributed by atoms with E-state index >= 15 is 0 Å². The Kier molecular flexibility index (Phi) is 2.50. The van der Waals surface area contributed by atoms with Gasteiger partial charge in [-0.3, -0.25) is 4.65 Å². The Morgan fingerprint density at radius 3 is 2.62 bits per heavy atom. The van der Waals surface area contributed by atoms with Gasteiger partial charge in [0.2, 0.25) is 0 Å². The van der Waals surface area contributed by atoms with Crippen LogP contribution in [0.1, 0.15) is 19.3 Å². The zero-order valence-electron chi connectivity index (χ0n) is 9.26. The molecule has 1 fully saturated rings. The third-order valence-electron chi connectivity index (χ3n) is 3.40. The van der Waals surface area contributed by atoms with Crippen molar-refractivity contribution < 1.29 is 0 Å². The standard InChI is InChI=1S/C12H16N2OS/c15-14(12-5-4-8-16-12)9-11(10-14)13-6-2-1-3-7-13/h4-5,8-9H,1-3,6-7,10H2. The van der Waals surface area contributed by atoms with Crippen molar-refractivity contribution in [2.75, 3.05) is 19.6 Å². The lowest BCUT2D eigenvalue weighted by molar-refractivity contribution is 0.241. The average molecular weight is 236 g/mol. The molecule has 3 nitrogen and oxygen atoms in total. The van der Waals surface area contributed by atoms with Crippen molar-refractivity contribution in [1.29, 1.82) is 0 Å². The molecular weight excluding hydrogens is 220 g/mol. The van der Waals surface area contributed by atoms with Gasteiger partial charge in [-0.15, -0.1) is 0 Å². The fourth-order valence-electron chi connectivity index (χ4n) is 2.44. The van der Waals surface area contributed by atoms with Gasteiger partial charge in [0.1, 0.15) is 18.4 Å². The molecule has 3 heterocycles. The molecule has 1 atom stereocenters. The minimum absolute atomic E-state index is 0.247. The molecule has 1 aromatic heterocycles. The van der Waals surface area contributed by atoms with E-state index in [0.717, 1.165) is 18.1 Å².